The SMILES string of the molecule is O=C(O)c1cnccc1N(Cc1ccco1)C1CC1. The summed E-state index contributed by atoms with van der Waals surface area (Å²) in [7, 11) is 0. The predicted molar refractivity (Wildman–Crippen MR) is 69.1 cm³/mol. The fourth-order valence-electron chi connectivity index (χ4n) is 2.17. The molecule has 19 heavy (non-hydrogen) atoms. The molecule has 0 atom stereocenters. The van der Waals surface area contributed by atoms with Crippen molar-refractivity contribution in [2.75, 3.05) is 4.90 Å². The first-order chi connectivity index (χ1) is 9.25. The molecule has 3 rings (SSSR count). The number of rotatable bonds is 5. The van der Waals surface area contributed by atoms with E-state index in [-0.39, 0.29) is 5.56 Å². The second-order valence-corrected chi connectivity index (χ2v) is 4.64. The average molecular weight is 258 g/mol. The Balaban J connectivity index is 1.94. The standard InChI is InChI=1S/C14H14N2O3/c17-14(18)12-8-15-6-5-13(12)16(10-3-4-10)9-11-2-1-7-19-11/h1-2,5-8,10H,3-4,9H2,(H,17,18). The van der Waals surface area contributed by atoms with Crippen LogP contribution in [0.25, 0.3) is 0 Å². The summed E-state index contributed by atoms with van der Waals surface area (Å²) in [6, 6.07) is 5.89. The van der Waals surface area contributed by atoms with Crippen LogP contribution in [-0.2, 0) is 6.54 Å². The van der Waals surface area contributed by atoms with Crippen LogP contribution in [-0.4, -0.2) is 22.1 Å². The summed E-state index contributed by atoms with van der Waals surface area (Å²) in [6.45, 7) is 0.585. The molecule has 1 aliphatic carbocycles. The Hall–Kier alpha value is -2.30. The smallest absolute Gasteiger partial charge is 0.339 e. The van der Waals surface area contributed by atoms with E-state index < -0.39 is 5.97 Å². The first-order valence-corrected chi connectivity index (χ1v) is 6.22. The van der Waals surface area contributed by atoms with Crippen LogP contribution in [0, 0.1) is 0 Å². The third kappa shape index (κ3) is 2.45. The Morgan fingerprint density at radius 1 is 1.47 bits per heavy atom. The largest absolute Gasteiger partial charge is 0.478 e. The van der Waals surface area contributed by atoms with E-state index in [2.05, 4.69) is 9.88 Å². The summed E-state index contributed by atoms with van der Waals surface area (Å²) >= 11 is 0. The molecule has 0 spiro atoms. The zero-order chi connectivity index (χ0) is 13.2. The molecule has 0 radical (unpaired) electrons. The number of aromatic nitrogens is 1. The van der Waals surface area contributed by atoms with Crippen molar-refractivity contribution in [1.29, 1.82) is 0 Å². The number of anilines is 1. The van der Waals surface area contributed by atoms with Crippen LogP contribution in [0.3, 0.4) is 0 Å². The van der Waals surface area contributed by atoms with Gasteiger partial charge in [-0.25, -0.2) is 4.79 Å². The minimum atomic E-state index is -0.951. The van der Waals surface area contributed by atoms with Crippen LogP contribution >= 0.6 is 0 Å². The van der Waals surface area contributed by atoms with E-state index in [0.29, 0.717) is 18.3 Å². The second kappa shape index (κ2) is 4.76. The Kier molecular flexibility index (Phi) is 2.95. The lowest BCUT2D eigenvalue weighted by Gasteiger charge is -2.24. The molecule has 1 aliphatic rings. The van der Waals surface area contributed by atoms with Crippen LogP contribution < -0.4 is 4.90 Å². The maximum absolute atomic E-state index is 11.3. The molecule has 0 amide bonds. The molecule has 2 aromatic heterocycles. The molecule has 1 N–H and O–H groups in total. The summed E-state index contributed by atoms with van der Waals surface area (Å²) in [5, 5.41) is 9.25. The maximum atomic E-state index is 11.3. The van der Waals surface area contributed by atoms with E-state index in [4.69, 9.17) is 4.42 Å². The number of hydrogen-bond donors (Lipinski definition) is 1. The molecular formula is C14H14N2O3. The number of hydrogen-bond acceptors (Lipinski definition) is 4. The van der Waals surface area contributed by atoms with Crippen LogP contribution in [0.5, 0.6) is 0 Å². The van der Waals surface area contributed by atoms with Crippen molar-refractivity contribution in [2.24, 2.45) is 0 Å². The predicted octanol–water partition coefficient (Wildman–Crippen LogP) is 2.54. The van der Waals surface area contributed by atoms with E-state index in [1.807, 2.05) is 12.1 Å². The molecule has 5 heteroatoms. The average Bonchev–Trinajstić information content (AvgIpc) is 3.13. The topological polar surface area (TPSA) is 66.6 Å². The fraction of sp³-hybridized carbons (Fsp3) is 0.286. The van der Waals surface area contributed by atoms with Gasteiger partial charge in [-0.05, 0) is 31.0 Å². The molecular weight excluding hydrogens is 244 g/mol. The summed E-state index contributed by atoms with van der Waals surface area (Å²) in [5.74, 6) is -0.117. The van der Waals surface area contributed by atoms with Gasteiger partial charge in [-0.3, -0.25) is 4.98 Å². The molecule has 2 heterocycles. The van der Waals surface area contributed by atoms with Crippen molar-refractivity contribution in [1.82, 2.24) is 4.98 Å². The van der Waals surface area contributed by atoms with Crippen molar-refractivity contribution in [3.05, 3.63) is 48.2 Å². The highest BCUT2D eigenvalue weighted by molar-refractivity contribution is 5.94. The molecule has 2 aromatic rings. The van der Waals surface area contributed by atoms with Crippen molar-refractivity contribution in [3.63, 3.8) is 0 Å². The quantitative estimate of drug-likeness (QED) is 0.892. The number of carbonyl (C=O) groups is 1. The Labute approximate surface area is 110 Å². The molecule has 1 fully saturated rings. The van der Waals surface area contributed by atoms with Gasteiger partial charge in [0.1, 0.15) is 11.3 Å². The second-order valence-electron chi connectivity index (χ2n) is 4.64. The van der Waals surface area contributed by atoms with E-state index in [9.17, 15) is 9.90 Å². The minimum Gasteiger partial charge on any atom is -0.478 e. The zero-order valence-corrected chi connectivity index (χ0v) is 10.3. The third-order valence-corrected chi connectivity index (χ3v) is 3.23. The number of aromatic carboxylic acids is 1. The monoisotopic (exact) mass is 258 g/mol. The lowest BCUT2D eigenvalue weighted by molar-refractivity contribution is 0.0697. The molecule has 0 bridgehead atoms. The van der Waals surface area contributed by atoms with E-state index in [1.54, 1.807) is 18.5 Å². The maximum Gasteiger partial charge on any atom is 0.339 e. The van der Waals surface area contributed by atoms with Gasteiger partial charge in [0.2, 0.25) is 0 Å². The molecule has 0 aromatic carbocycles. The normalized spacial score (nSPS) is 14.3. The summed E-state index contributed by atoms with van der Waals surface area (Å²) < 4.78 is 5.36. The highest BCUT2D eigenvalue weighted by Crippen LogP contribution is 2.34. The Morgan fingerprint density at radius 2 is 2.32 bits per heavy atom. The van der Waals surface area contributed by atoms with Crippen LogP contribution in [0.2, 0.25) is 0 Å². The van der Waals surface area contributed by atoms with Crippen LogP contribution in [0.1, 0.15) is 29.0 Å². The van der Waals surface area contributed by atoms with Crippen molar-refractivity contribution < 1.29 is 14.3 Å². The van der Waals surface area contributed by atoms with Gasteiger partial charge in [0.15, 0.2) is 0 Å². The summed E-state index contributed by atoms with van der Waals surface area (Å²) in [6.07, 6.45) is 6.82. The van der Waals surface area contributed by atoms with Crippen LogP contribution in [0.15, 0.2) is 41.3 Å². The first-order valence-electron chi connectivity index (χ1n) is 6.22. The van der Waals surface area contributed by atoms with Crippen molar-refractivity contribution >= 4 is 11.7 Å². The number of nitrogens with zero attached hydrogens (tertiary/aromatic N) is 2. The highest BCUT2D eigenvalue weighted by atomic mass is 16.4. The van der Waals surface area contributed by atoms with E-state index >= 15 is 0 Å². The molecule has 0 aliphatic heterocycles. The van der Waals surface area contributed by atoms with Gasteiger partial charge in [-0.15, -0.1) is 0 Å². The van der Waals surface area contributed by atoms with Crippen molar-refractivity contribution in [2.45, 2.75) is 25.4 Å². The van der Waals surface area contributed by atoms with Gasteiger partial charge in [-0.2, -0.15) is 0 Å². The van der Waals surface area contributed by atoms with Gasteiger partial charge >= 0.3 is 5.97 Å². The lowest BCUT2D eigenvalue weighted by Crippen LogP contribution is -2.26. The van der Waals surface area contributed by atoms with Gasteiger partial charge in [-0.1, -0.05) is 0 Å². The van der Waals surface area contributed by atoms with Gasteiger partial charge in [0.05, 0.1) is 18.5 Å². The molecule has 0 saturated heterocycles. The third-order valence-electron chi connectivity index (χ3n) is 3.23. The number of carboxylic acid groups (broad SMARTS) is 1. The van der Waals surface area contributed by atoms with Crippen molar-refractivity contribution in [3.8, 4) is 0 Å². The summed E-state index contributed by atoms with van der Waals surface area (Å²) in [5.41, 5.74) is 0.947. The lowest BCUT2D eigenvalue weighted by atomic mass is 10.2. The van der Waals surface area contributed by atoms with Crippen LogP contribution in [0.4, 0.5) is 5.69 Å². The number of furan rings is 1. The molecule has 5 nitrogen and oxygen atoms in total. The van der Waals surface area contributed by atoms with Gasteiger partial charge < -0.3 is 14.4 Å². The number of carboxylic acids is 1. The highest BCUT2D eigenvalue weighted by Gasteiger charge is 2.32. The Morgan fingerprint density at radius 3 is 2.95 bits per heavy atom. The van der Waals surface area contributed by atoms with E-state index in [0.717, 1.165) is 18.6 Å². The minimum absolute atomic E-state index is 0.237. The Bertz CT molecular complexity index is 576. The van der Waals surface area contributed by atoms with Gasteiger partial charge in [0, 0.05) is 18.4 Å². The molecule has 1 saturated carbocycles. The molecule has 98 valence electrons. The first kappa shape index (κ1) is 11.8. The fourth-order valence-corrected chi connectivity index (χ4v) is 2.17. The zero-order valence-electron chi connectivity index (χ0n) is 10.3. The molecule has 0 unspecified atom stereocenters. The number of pyridine rings is 1. The van der Waals surface area contributed by atoms with Gasteiger partial charge in [0.25, 0.3) is 0 Å². The van der Waals surface area contributed by atoms with E-state index in [1.165, 1.54) is 6.20 Å². The summed E-state index contributed by atoms with van der Waals surface area (Å²) in [4.78, 5) is 17.3.